The number of amides is 2. The van der Waals surface area contributed by atoms with Crippen LogP contribution in [0, 0.1) is 0 Å². The van der Waals surface area contributed by atoms with Crippen molar-refractivity contribution < 1.29 is 14.3 Å². The van der Waals surface area contributed by atoms with E-state index >= 15 is 0 Å². The topological polar surface area (TPSA) is 93.2 Å². The predicted molar refractivity (Wildman–Crippen MR) is 146 cm³/mol. The summed E-state index contributed by atoms with van der Waals surface area (Å²) in [6.45, 7) is 0. The van der Waals surface area contributed by atoms with Gasteiger partial charge in [-0.15, -0.1) is 10.2 Å². The summed E-state index contributed by atoms with van der Waals surface area (Å²) in [5.41, 5.74) is 2.25. The van der Waals surface area contributed by atoms with Crippen LogP contribution >= 0.6 is 11.3 Å². The van der Waals surface area contributed by atoms with Crippen LogP contribution in [-0.2, 0) is 11.2 Å². The van der Waals surface area contributed by atoms with Crippen LogP contribution in [0.15, 0.2) is 97.1 Å². The van der Waals surface area contributed by atoms with Crippen molar-refractivity contribution >= 4 is 39.1 Å². The van der Waals surface area contributed by atoms with E-state index in [-0.39, 0.29) is 11.8 Å². The summed E-state index contributed by atoms with van der Waals surface area (Å²) in [5, 5.41) is 17.1. The fraction of sp³-hybridized carbons (Fsp3) is 0.103. The molecule has 0 aliphatic carbocycles. The molecular formula is C29H24N4O3S. The molecule has 5 aromatic rings. The molecule has 8 heteroatoms. The highest BCUT2D eigenvalue weighted by Gasteiger charge is 2.23. The lowest BCUT2D eigenvalue weighted by atomic mass is 10.0. The molecule has 7 nitrogen and oxygen atoms in total. The van der Waals surface area contributed by atoms with Crippen LogP contribution in [0.1, 0.15) is 15.9 Å². The molecule has 184 valence electrons. The van der Waals surface area contributed by atoms with Crippen molar-refractivity contribution in [3.63, 3.8) is 0 Å². The van der Waals surface area contributed by atoms with E-state index in [0.29, 0.717) is 27.9 Å². The Labute approximate surface area is 218 Å². The molecule has 37 heavy (non-hydrogen) atoms. The average Bonchev–Trinajstić information content (AvgIpc) is 3.41. The number of carbonyl (C=O) groups is 2. The molecule has 1 heterocycles. The zero-order chi connectivity index (χ0) is 25.6. The summed E-state index contributed by atoms with van der Waals surface area (Å²) in [6.07, 6.45) is 0.327. The lowest BCUT2D eigenvalue weighted by Gasteiger charge is -2.18. The van der Waals surface area contributed by atoms with Crippen molar-refractivity contribution in [3.8, 4) is 16.3 Å². The average molecular weight is 509 g/mol. The number of ether oxygens (including phenoxy) is 1. The highest BCUT2D eigenvalue weighted by atomic mass is 32.1. The van der Waals surface area contributed by atoms with Gasteiger partial charge in [-0.05, 0) is 40.6 Å². The Morgan fingerprint density at radius 3 is 2.46 bits per heavy atom. The van der Waals surface area contributed by atoms with E-state index in [4.69, 9.17) is 4.74 Å². The van der Waals surface area contributed by atoms with Gasteiger partial charge in [-0.3, -0.25) is 14.9 Å². The number of benzene rings is 4. The Bertz CT molecular complexity index is 1550. The van der Waals surface area contributed by atoms with Crippen LogP contribution in [0.25, 0.3) is 21.3 Å². The third kappa shape index (κ3) is 5.82. The van der Waals surface area contributed by atoms with E-state index in [2.05, 4.69) is 20.8 Å². The van der Waals surface area contributed by atoms with Gasteiger partial charge in [-0.25, -0.2) is 0 Å². The minimum absolute atomic E-state index is 0.323. The normalized spacial score (nSPS) is 11.6. The van der Waals surface area contributed by atoms with E-state index in [1.165, 1.54) is 11.3 Å². The molecule has 0 radical (unpaired) electrons. The Morgan fingerprint density at radius 2 is 1.65 bits per heavy atom. The Morgan fingerprint density at radius 1 is 0.865 bits per heavy atom. The second-order valence-corrected chi connectivity index (χ2v) is 9.39. The third-order valence-electron chi connectivity index (χ3n) is 5.89. The molecular weight excluding hydrogens is 484 g/mol. The summed E-state index contributed by atoms with van der Waals surface area (Å²) in [7, 11) is 1.60. The van der Waals surface area contributed by atoms with E-state index < -0.39 is 6.04 Å². The largest absolute Gasteiger partial charge is 0.497 e. The predicted octanol–water partition coefficient (Wildman–Crippen LogP) is 5.35. The number of aromatic nitrogens is 2. The van der Waals surface area contributed by atoms with E-state index in [1.807, 2.05) is 91.0 Å². The van der Waals surface area contributed by atoms with Crippen LogP contribution < -0.4 is 15.4 Å². The van der Waals surface area contributed by atoms with Crippen LogP contribution in [0.4, 0.5) is 5.13 Å². The van der Waals surface area contributed by atoms with Crippen molar-refractivity contribution in [2.45, 2.75) is 12.5 Å². The van der Waals surface area contributed by atoms with Crippen molar-refractivity contribution in [1.82, 2.24) is 15.5 Å². The molecule has 1 aromatic heterocycles. The van der Waals surface area contributed by atoms with Crippen LogP contribution in [0.2, 0.25) is 0 Å². The second kappa shape index (κ2) is 11.0. The fourth-order valence-corrected chi connectivity index (χ4v) is 4.71. The quantitative estimate of drug-likeness (QED) is 0.295. The molecule has 4 aromatic carbocycles. The maximum Gasteiger partial charge on any atom is 0.251 e. The number of fused-ring (bicyclic) bond motifs is 1. The van der Waals surface area contributed by atoms with Gasteiger partial charge in [0.25, 0.3) is 5.91 Å². The van der Waals surface area contributed by atoms with Crippen molar-refractivity contribution in [3.05, 3.63) is 108 Å². The van der Waals surface area contributed by atoms with Gasteiger partial charge in [-0.1, -0.05) is 84.1 Å². The molecule has 5 rings (SSSR count). The zero-order valence-corrected chi connectivity index (χ0v) is 20.9. The maximum atomic E-state index is 13.3. The molecule has 0 bridgehead atoms. The molecule has 0 fully saturated rings. The highest BCUT2D eigenvalue weighted by molar-refractivity contribution is 7.18. The number of hydrogen-bond acceptors (Lipinski definition) is 6. The summed E-state index contributed by atoms with van der Waals surface area (Å²) in [4.78, 5) is 26.5. The number of carbonyl (C=O) groups excluding carboxylic acids is 2. The van der Waals surface area contributed by atoms with Gasteiger partial charge < -0.3 is 10.1 Å². The van der Waals surface area contributed by atoms with Crippen molar-refractivity contribution in [2.75, 3.05) is 12.4 Å². The summed E-state index contributed by atoms with van der Waals surface area (Å²) in [6, 6.07) is 29.5. The molecule has 1 unspecified atom stereocenters. The zero-order valence-electron chi connectivity index (χ0n) is 20.0. The Kier molecular flexibility index (Phi) is 7.19. The lowest BCUT2D eigenvalue weighted by Crippen LogP contribution is -2.45. The minimum atomic E-state index is -0.814. The lowest BCUT2D eigenvalue weighted by molar-refractivity contribution is -0.118. The van der Waals surface area contributed by atoms with Crippen LogP contribution in [-0.4, -0.2) is 35.2 Å². The van der Waals surface area contributed by atoms with Crippen molar-refractivity contribution in [1.29, 1.82) is 0 Å². The van der Waals surface area contributed by atoms with Gasteiger partial charge in [0.05, 0.1) is 7.11 Å². The molecule has 0 saturated heterocycles. The molecule has 0 aliphatic heterocycles. The van der Waals surface area contributed by atoms with Crippen LogP contribution in [0.5, 0.6) is 5.75 Å². The SMILES string of the molecule is COc1cccc(-c2nnc(NC(=O)C(Cc3ccccc3)NC(=O)c3ccc4ccccc4c3)s2)c1. The van der Waals surface area contributed by atoms with Crippen molar-refractivity contribution in [2.24, 2.45) is 0 Å². The van der Waals surface area contributed by atoms with E-state index in [0.717, 1.165) is 21.9 Å². The number of nitrogens with one attached hydrogen (secondary N) is 2. The van der Waals surface area contributed by atoms with E-state index in [9.17, 15) is 9.59 Å². The first-order valence-electron chi connectivity index (χ1n) is 11.7. The maximum absolute atomic E-state index is 13.3. The van der Waals surface area contributed by atoms with E-state index in [1.54, 1.807) is 13.2 Å². The number of methoxy groups -OCH3 is 1. The van der Waals surface area contributed by atoms with Crippen LogP contribution in [0.3, 0.4) is 0 Å². The molecule has 0 spiro atoms. The fourth-order valence-electron chi connectivity index (χ4n) is 3.97. The number of nitrogens with zero attached hydrogens (tertiary/aromatic N) is 2. The molecule has 0 aliphatic rings. The highest BCUT2D eigenvalue weighted by Crippen LogP contribution is 2.29. The van der Waals surface area contributed by atoms with Gasteiger partial charge in [0.2, 0.25) is 11.0 Å². The number of rotatable bonds is 8. The smallest absolute Gasteiger partial charge is 0.251 e. The Balaban J connectivity index is 1.35. The second-order valence-electron chi connectivity index (χ2n) is 8.41. The standard InChI is InChI=1S/C29H24N4O3S/c1-36-24-13-7-12-23(18-24)28-32-33-29(37-28)31-27(35)25(16-19-8-3-2-4-9-19)30-26(34)22-15-14-20-10-5-6-11-21(20)17-22/h2-15,17-18,25H,16H2,1H3,(H,30,34)(H,31,33,35). The van der Waals surface area contributed by atoms with Gasteiger partial charge in [0.15, 0.2) is 0 Å². The number of hydrogen-bond donors (Lipinski definition) is 2. The first-order valence-corrected chi connectivity index (χ1v) is 12.5. The van der Waals surface area contributed by atoms with Gasteiger partial charge >= 0.3 is 0 Å². The molecule has 1 atom stereocenters. The Hall–Kier alpha value is -4.56. The van der Waals surface area contributed by atoms with Gasteiger partial charge in [-0.2, -0.15) is 0 Å². The third-order valence-corrected chi connectivity index (χ3v) is 6.78. The van der Waals surface area contributed by atoms with Gasteiger partial charge in [0.1, 0.15) is 16.8 Å². The summed E-state index contributed by atoms with van der Waals surface area (Å²) >= 11 is 1.25. The summed E-state index contributed by atoms with van der Waals surface area (Å²) < 4.78 is 5.28. The van der Waals surface area contributed by atoms with Gasteiger partial charge in [0, 0.05) is 17.5 Å². The summed E-state index contributed by atoms with van der Waals surface area (Å²) in [5.74, 6) is 0.0140. The molecule has 0 saturated carbocycles. The minimum Gasteiger partial charge on any atom is -0.497 e. The number of anilines is 1. The monoisotopic (exact) mass is 508 g/mol. The first kappa shape index (κ1) is 24.1. The first-order chi connectivity index (χ1) is 18.1. The molecule has 2 N–H and O–H groups in total. The molecule has 2 amide bonds.